The van der Waals surface area contributed by atoms with Crippen molar-refractivity contribution in [3.8, 4) is 0 Å². The molecule has 1 N–H and O–H groups in total. The average Bonchev–Trinajstić information content (AvgIpc) is 2.37. The third-order valence-electron chi connectivity index (χ3n) is 2.21. The lowest BCUT2D eigenvalue weighted by Crippen LogP contribution is -2.35. The van der Waals surface area contributed by atoms with Crippen LogP contribution >= 0.6 is 0 Å². The van der Waals surface area contributed by atoms with E-state index in [0.29, 0.717) is 5.70 Å². The SMILES string of the molecule is C=C(C)N1CC(OCC(=O)O)C(F)(F)C1. The van der Waals surface area contributed by atoms with Gasteiger partial charge in [0.05, 0.1) is 13.1 Å². The minimum absolute atomic E-state index is 0.0182. The molecule has 0 aromatic carbocycles. The molecule has 1 heterocycles. The van der Waals surface area contributed by atoms with Gasteiger partial charge in [0, 0.05) is 5.70 Å². The van der Waals surface area contributed by atoms with E-state index in [-0.39, 0.29) is 6.54 Å². The standard InChI is InChI=1S/C9H13F2NO3/c1-6(2)12-3-7(9(10,11)5-12)15-4-8(13)14/h7H,1,3-5H2,2H3,(H,13,14). The Balaban J connectivity index is 2.57. The Morgan fingerprint density at radius 3 is 2.73 bits per heavy atom. The lowest BCUT2D eigenvalue weighted by atomic mass is 10.2. The van der Waals surface area contributed by atoms with Crippen molar-refractivity contribution >= 4 is 5.97 Å². The molecular weight excluding hydrogens is 208 g/mol. The predicted octanol–water partition coefficient (Wildman–Crippen LogP) is 0.941. The maximum atomic E-state index is 13.3. The minimum atomic E-state index is -3.02. The maximum absolute atomic E-state index is 13.3. The normalized spacial score (nSPS) is 24.2. The van der Waals surface area contributed by atoms with Gasteiger partial charge >= 0.3 is 5.97 Å². The first kappa shape index (κ1) is 11.9. The quantitative estimate of drug-likeness (QED) is 0.767. The molecule has 1 saturated heterocycles. The highest BCUT2D eigenvalue weighted by atomic mass is 19.3. The Labute approximate surface area is 86.1 Å². The molecule has 0 radical (unpaired) electrons. The van der Waals surface area contributed by atoms with Crippen molar-refractivity contribution in [2.45, 2.75) is 19.0 Å². The van der Waals surface area contributed by atoms with Crippen LogP contribution in [-0.2, 0) is 9.53 Å². The summed E-state index contributed by atoms with van der Waals surface area (Å²) in [4.78, 5) is 11.6. The van der Waals surface area contributed by atoms with Crippen molar-refractivity contribution in [2.75, 3.05) is 19.7 Å². The molecule has 0 aromatic heterocycles. The molecule has 1 rings (SSSR count). The molecule has 0 amide bonds. The van der Waals surface area contributed by atoms with Gasteiger partial charge in [-0.2, -0.15) is 0 Å². The van der Waals surface area contributed by atoms with Crippen molar-refractivity contribution in [3.63, 3.8) is 0 Å². The molecule has 4 nitrogen and oxygen atoms in total. The van der Waals surface area contributed by atoms with Crippen LogP contribution in [0.15, 0.2) is 12.3 Å². The summed E-state index contributed by atoms with van der Waals surface area (Å²) in [6, 6.07) is 0. The Hall–Kier alpha value is -1.17. The molecule has 0 aliphatic carbocycles. The molecule has 1 unspecified atom stereocenters. The van der Waals surface area contributed by atoms with Crippen LogP contribution in [-0.4, -0.2) is 47.7 Å². The number of halogens is 2. The highest BCUT2D eigenvalue weighted by Crippen LogP contribution is 2.31. The largest absolute Gasteiger partial charge is 0.480 e. The lowest BCUT2D eigenvalue weighted by Gasteiger charge is -2.16. The van der Waals surface area contributed by atoms with Crippen LogP contribution in [0.1, 0.15) is 6.92 Å². The molecule has 1 aliphatic rings. The number of carboxylic acids is 1. The summed E-state index contributed by atoms with van der Waals surface area (Å²) in [5.41, 5.74) is 0.524. The average molecular weight is 221 g/mol. The van der Waals surface area contributed by atoms with Crippen molar-refractivity contribution in [1.82, 2.24) is 4.90 Å². The van der Waals surface area contributed by atoms with Gasteiger partial charge in [-0.05, 0) is 6.92 Å². The number of rotatable bonds is 4. The Bertz CT molecular complexity index is 281. The number of allylic oxidation sites excluding steroid dienone is 1. The zero-order valence-corrected chi connectivity index (χ0v) is 8.37. The van der Waals surface area contributed by atoms with Crippen molar-refractivity contribution in [2.24, 2.45) is 0 Å². The highest BCUT2D eigenvalue weighted by Gasteiger charge is 2.49. The third-order valence-corrected chi connectivity index (χ3v) is 2.21. The summed E-state index contributed by atoms with van der Waals surface area (Å²) in [5, 5.41) is 8.32. The molecule has 15 heavy (non-hydrogen) atoms. The molecule has 1 fully saturated rings. The zero-order chi connectivity index (χ0) is 11.6. The van der Waals surface area contributed by atoms with Crippen molar-refractivity contribution in [3.05, 3.63) is 12.3 Å². The molecule has 86 valence electrons. The van der Waals surface area contributed by atoms with E-state index in [0.717, 1.165) is 0 Å². The smallest absolute Gasteiger partial charge is 0.329 e. The van der Waals surface area contributed by atoms with E-state index in [2.05, 4.69) is 11.3 Å². The van der Waals surface area contributed by atoms with E-state index in [1.54, 1.807) is 6.92 Å². The van der Waals surface area contributed by atoms with E-state index in [1.165, 1.54) is 4.90 Å². The van der Waals surface area contributed by atoms with E-state index < -0.39 is 31.1 Å². The molecule has 0 spiro atoms. The van der Waals surface area contributed by atoms with E-state index in [9.17, 15) is 13.6 Å². The van der Waals surface area contributed by atoms with Crippen LogP contribution in [0.2, 0.25) is 0 Å². The molecule has 6 heteroatoms. The highest BCUT2D eigenvalue weighted by molar-refractivity contribution is 5.68. The summed E-state index contributed by atoms with van der Waals surface area (Å²) in [5.74, 6) is -4.27. The second-order valence-electron chi connectivity index (χ2n) is 3.57. The monoisotopic (exact) mass is 221 g/mol. The van der Waals surface area contributed by atoms with Crippen LogP contribution in [0.3, 0.4) is 0 Å². The topological polar surface area (TPSA) is 49.8 Å². The molecule has 0 aromatic rings. The van der Waals surface area contributed by atoms with Crippen LogP contribution < -0.4 is 0 Å². The van der Waals surface area contributed by atoms with Gasteiger partial charge in [-0.1, -0.05) is 6.58 Å². The summed E-state index contributed by atoms with van der Waals surface area (Å²) in [7, 11) is 0. The van der Waals surface area contributed by atoms with Gasteiger partial charge in [-0.15, -0.1) is 0 Å². The third kappa shape index (κ3) is 2.89. The zero-order valence-electron chi connectivity index (χ0n) is 8.37. The van der Waals surface area contributed by atoms with Crippen molar-refractivity contribution < 1.29 is 23.4 Å². The minimum Gasteiger partial charge on any atom is -0.480 e. The fourth-order valence-corrected chi connectivity index (χ4v) is 1.39. The first-order chi connectivity index (χ1) is 6.83. The fourth-order valence-electron chi connectivity index (χ4n) is 1.39. The van der Waals surface area contributed by atoms with Gasteiger partial charge < -0.3 is 14.7 Å². The van der Waals surface area contributed by atoms with E-state index in [4.69, 9.17) is 5.11 Å². The summed E-state index contributed by atoms with van der Waals surface area (Å²) in [6.45, 7) is 3.99. The Morgan fingerprint density at radius 2 is 2.33 bits per heavy atom. The van der Waals surface area contributed by atoms with Gasteiger partial charge in [0.15, 0.2) is 0 Å². The fraction of sp³-hybridized carbons (Fsp3) is 0.667. The second-order valence-corrected chi connectivity index (χ2v) is 3.57. The number of carbonyl (C=O) groups is 1. The number of likely N-dealkylation sites (tertiary alicyclic amines) is 1. The van der Waals surface area contributed by atoms with Crippen LogP contribution in [0.25, 0.3) is 0 Å². The first-order valence-electron chi connectivity index (χ1n) is 4.44. The van der Waals surface area contributed by atoms with Crippen LogP contribution in [0.5, 0.6) is 0 Å². The van der Waals surface area contributed by atoms with Crippen LogP contribution in [0, 0.1) is 0 Å². The number of hydrogen-bond donors (Lipinski definition) is 1. The number of alkyl halides is 2. The summed E-state index contributed by atoms with van der Waals surface area (Å²) in [6.07, 6.45) is -1.37. The van der Waals surface area contributed by atoms with Crippen LogP contribution in [0.4, 0.5) is 8.78 Å². The van der Waals surface area contributed by atoms with Gasteiger partial charge in [0.25, 0.3) is 5.92 Å². The number of hydrogen-bond acceptors (Lipinski definition) is 3. The first-order valence-corrected chi connectivity index (χ1v) is 4.44. The maximum Gasteiger partial charge on any atom is 0.329 e. The number of nitrogens with zero attached hydrogens (tertiary/aromatic N) is 1. The Kier molecular flexibility index (Phi) is 3.28. The summed E-state index contributed by atoms with van der Waals surface area (Å²) >= 11 is 0. The number of ether oxygens (including phenoxy) is 1. The molecule has 1 atom stereocenters. The molecule has 0 saturated carbocycles. The van der Waals surface area contributed by atoms with E-state index in [1.807, 2.05) is 0 Å². The summed E-state index contributed by atoms with van der Waals surface area (Å²) < 4.78 is 31.2. The predicted molar refractivity (Wildman–Crippen MR) is 48.7 cm³/mol. The molecule has 1 aliphatic heterocycles. The van der Waals surface area contributed by atoms with Gasteiger partial charge in [0.1, 0.15) is 12.7 Å². The van der Waals surface area contributed by atoms with Gasteiger partial charge in [-0.25, -0.2) is 13.6 Å². The Morgan fingerprint density at radius 1 is 1.73 bits per heavy atom. The van der Waals surface area contributed by atoms with E-state index >= 15 is 0 Å². The lowest BCUT2D eigenvalue weighted by molar-refractivity contribution is -0.152. The molecular formula is C9H13F2NO3. The van der Waals surface area contributed by atoms with Crippen molar-refractivity contribution in [1.29, 1.82) is 0 Å². The number of aliphatic carboxylic acids is 1. The second kappa shape index (κ2) is 4.14. The van der Waals surface area contributed by atoms with Gasteiger partial charge in [0.2, 0.25) is 0 Å². The molecule has 0 bridgehead atoms. The van der Waals surface area contributed by atoms with Gasteiger partial charge in [-0.3, -0.25) is 0 Å². The number of carboxylic acid groups (broad SMARTS) is 1.